The molecule has 34 heavy (non-hydrogen) atoms. The highest BCUT2D eigenvalue weighted by Gasteiger charge is 2.38. The Morgan fingerprint density at radius 2 is 1.56 bits per heavy atom. The van der Waals surface area contributed by atoms with Gasteiger partial charge in [0.2, 0.25) is 0 Å². The van der Waals surface area contributed by atoms with Crippen molar-refractivity contribution in [1.29, 1.82) is 0 Å². The molecule has 3 heteroatoms. The van der Waals surface area contributed by atoms with Gasteiger partial charge < -0.3 is 9.84 Å². The van der Waals surface area contributed by atoms with Gasteiger partial charge in [-0.1, -0.05) is 57.7 Å². The van der Waals surface area contributed by atoms with Crippen LogP contribution in [0.25, 0.3) is 11.1 Å². The van der Waals surface area contributed by atoms with Gasteiger partial charge in [0.25, 0.3) is 0 Å². The van der Waals surface area contributed by atoms with Crippen molar-refractivity contribution >= 4 is 5.97 Å². The van der Waals surface area contributed by atoms with Crippen molar-refractivity contribution in [2.45, 2.75) is 57.8 Å². The smallest absolute Gasteiger partial charge is 0.335 e. The fourth-order valence-corrected chi connectivity index (χ4v) is 4.95. The first-order valence-electron chi connectivity index (χ1n) is 11.8. The number of carboxylic acid groups (broad SMARTS) is 1. The van der Waals surface area contributed by atoms with Crippen LogP contribution in [0.5, 0.6) is 5.75 Å². The van der Waals surface area contributed by atoms with E-state index in [-0.39, 0.29) is 16.4 Å². The van der Waals surface area contributed by atoms with Crippen molar-refractivity contribution in [3.05, 3.63) is 88.5 Å². The lowest BCUT2D eigenvalue weighted by molar-refractivity contribution is 0.0697. The molecule has 4 rings (SSSR count). The minimum absolute atomic E-state index is 0.0867. The third kappa shape index (κ3) is 4.73. The molecule has 0 aliphatic heterocycles. The van der Waals surface area contributed by atoms with E-state index in [2.05, 4.69) is 63.8 Å². The van der Waals surface area contributed by atoms with Crippen molar-refractivity contribution in [2.24, 2.45) is 0 Å². The number of hydrogen-bond donors (Lipinski definition) is 1. The molecular formula is C31H32O3. The zero-order chi connectivity index (χ0) is 24.5. The first-order valence-corrected chi connectivity index (χ1v) is 11.8. The largest absolute Gasteiger partial charge is 0.497 e. The maximum Gasteiger partial charge on any atom is 0.335 e. The normalized spacial score (nSPS) is 15.6. The fraction of sp³-hybridized carbons (Fsp3) is 0.323. The van der Waals surface area contributed by atoms with E-state index in [1.54, 1.807) is 31.4 Å². The van der Waals surface area contributed by atoms with E-state index in [0.29, 0.717) is 6.42 Å². The first-order chi connectivity index (χ1) is 16.1. The van der Waals surface area contributed by atoms with E-state index in [9.17, 15) is 4.79 Å². The standard InChI is InChI=1S/C31H32O3/c1-30(2)17-18-31(3,4)28-24(8-6-7-21-9-11-23(12-10-21)29(32)33)19-25(20-27(28)30)22-13-15-26(34-5)16-14-22/h9-16,19-20H,8,17-18H2,1-5H3,(H,32,33). The van der Waals surface area contributed by atoms with Crippen molar-refractivity contribution < 1.29 is 14.6 Å². The lowest BCUT2D eigenvalue weighted by atomic mass is 9.61. The number of benzene rings is 3. The predicted molar refractivity (Wildman–Crippen MR) is 138 cm³/mol. The van der Waals surface area contributed by atoms with Gasteiger partial charge in [0.15, 0.2) is 0 Å². The number of methoxy groups -OCH3 is 1. The van der Waals surface area contributed by atoms with Gasteiger partial charge in [-0.15, -0.1) is 0 Å². The van der Waals surface area contributed by atoms with Crippen LogP contribution in [0.1, 0.15) is 73.1 Å². The lowest BCUT2D eigenvalue weighted by Gasteiger charge is -2.43. The van der Waals surface area contributed by atoms with Crippen molar-refractivity contribution in [2.75, 3.05) is 7.11 Å². The molecule has 3 nitrogen and oxygen atoms in total. The van der Waals surface area contributed by atoms with Crippen LogP contribution in [-0.2, 0) is 17.3 Å². The molecule has 0 fully saturated rings. The van der Waals surface area contributed by atoms with Crippen LogP contribution in [0.2, 0.25) is 0 Å². The highest BCUT2D eigenvalue weighted by atomic mass is 16.5. The van der Waals surface area contributed by atoms with Crippen molar-refractivity contribution in [3.63, 3.8) is 0 Å². The number of hydrogen-bond acceptors (Lipinski definition) is 2. The summed E-state index contributed by atoms with van der Waals surface area (Å²) < 4.78 is 5.34. The van der Waals surface area contributed by atoms with Gasteiger partial charge in [-0.05, 0) is 94.0 Å². The van der Waals surface area contributed by atoms with Crippen LogP contribution in [0, 0.1) is 11.8 Å². The Morgan fingerprint density at radius 1 is 0.912 bits per heavy atom. The monoisotopic (exact) mass is 452 g/mol. The Hall–Kier alpha value is -3.51. The number of carbonyl (C=O) groups is 1. The summed E-state index contributed by atoms with van der Waals surface area (Å²) in [5, 5.41) is 9.11. The molecule has 0 unspecified atom stereocenters. The van der Waals surface area contributed by atoms with E-state index in [1.165, 1.54) is 27.8 Å². The number of rotatable bonds is 4. The third-order valence-corrected chi connectivity index (χ3v) is 7.07. The van der Waals surface area contributed by atoms with E-state index in [1.807, 2.05) is 12.1 Å². The van der Waals surface area contributed by atoms with Crippen molar-refractivity contribution in [3.8, 4) is 28.7 Å². The maximum atomic E-state index is 11.1. The van der Waals surface area contributed by atoms with E-state index in [0.717, 1.165) is 24.2 Å². The zero-order valence-electron chi connectivity index (χ0n) is 20.7. The molecule has 1 aliphatic carbocycles. The Labute approximate surface area is 202 Å². The number of aromatic carboxylic acids is 1. The molecule has 0 saturated heterocycles. The Bertz CT molecular complexity index is 1270. The summed E-state index contributed by atoms with van der Waals surface area (Å²) in [6.45, 7) is 9.38. The van der Waals surface area contributed by atoms with Crippen LogP contribution in [0.3, 0.4) is 0 Å². The average molecular weight is 453 g/mol. The zero-order valence-corrected chi connectivity index (χ0v) is 20.7. The molecule has 1 aliphatic rings. The van der Waals surface area contributed by atoms with Crippen LogP contribution < -0.4 is 4.74 Å². The molecule has 3 aromatic carbocycles. The Morgan fingerprint density at radius 3 is 2.18 bits per heavy atom. The Kier molecular flexibility index (Phi) is 6.28. The molecule has 0 bridgehead atoms. The molecule has 0 radical (unpaired) electrons. The molecule has 174 valence electrons. The number of carboxylic acids is 1. The van der Waals surface area contributed by atoms with Gasteiger partial charge >= 0.3 is 5.97 Å². The summed E-state index contributed by atoms with van der Waals surface area (Å²) in [4.78, 5) is 11.1. The van der Waals surface area contributed by atoms with E-state index < -0.39 is 5.97 Å². The van der Waals surface area contributed by atoms with Gasteiger partial charge in [0.1, 0.15) is 5.75 Å². The number of fused-ring (bicyclic) bond motifs is 1. The molecule has 0 heterocycles. The third-order valence-electron chi connectivity index (χ3n) is 7.07. The molecular weight excluding hydrogens is 420 g/mol. The highest BCUT2D eigenvalue weighted by Crippen LogP contribution is 2.48. The molecule has 0 spiro atoms. The summed E-state index contributed by atoms with van der Waals surface area (Å²) in [5.41, 5.74) is 7.77. The average Bonchev–Trinajstić information content (AvgIpc) is 2.82. The molecule has 0 amide bonds. The fourth-order valence-electron chi connectivity index (χ4n) is 4.95. The summed E-state index contributed by atoms with van der Waals surface area (Å²) in [6.07, 6.45) is 2.94. The summed E-state index contributed by atoms with van der Waals surface area (Å²) >= 11 is 0. The van der Waals surface area contributed by atoms with E-state index >= 15 is 0 Å². The second-order valence-corrected chi connectivity index (χ2v) is 10.4. The molecule has 0 saturated carbocycles. The second-order valence-electron chi connectivity index (χ2n) is 10.4. The quantitative estimate of drug-likeness (QED) is 0.433. The molecule has 3 aromatic rings. The molecule has 0 atom stereocenters. The molecule has 0 aromatic heterocycles. The van der Waals surface area contributed by atoms with Gasteiger partial charge in [0, 0.05) is 12.0 Å². The second kappa shape index (κ2) is 9.03. The SMILES string of the molecule is COc1ccc(-c2cc(CC#Cc3ccc(C(=O)O)cc3)c3c(c2)C(C)(C)CCC3(C)C)cc1. The lowest BCUT2D eigenvalue weighted by Crippen LogP contribution is -2.35. The van der Waals surface area contributed by atoms with Crippen molar-refractivity contribution in [1.82, 2.24) is 0 Å². The van der Waals surface area contributed by atoms with Gasteiger partial charge in [-0.25, -0.2) is 4.79 Å². The summed E-state index contributed by atoms with van der Waals surface area (Å²) in [5.74, 6) is 6.52. The maximum absolute atomic E-state index is 11.1. The molecule has 1 N–H and O–H groups in total. The minimum atomic E-state index is -0.925. The summed E-state index contributed by atoms with van der Waals surface area (Å²) in [6, 6.07) is 19.6. The van der Waals surface area contributed by atoms with Gasteiger partial charge in [-0.3, -0.25) is 0 Å². The van der Waals surface area contributed by atoms with Crippen LogP contribution in [0.4, 0.5) is 0 Å². The summed E-state index contributed by atoms with van der Waals surface area (Å²) in [7, 11) is 1.69. The van der Waals surface area contributed by atoms with Crippen LogP contribution in [-0.4, -0.2) is 18.2 Å². The van der Waals surface area contributed by atoms with Crippen LogP contribution in [0.15, 0.2) is 60.7 Å². The van der Waals surface area contributed by atoms with Gasteiger partial charge in [0.05, 0.1) is 12.7 Å². The van der Waals surface area contributed by atoms with Crippen LogP contribution >= 0.6 is 0 Å². The number of ether oxygens (including phenoxy) is 1. The minimum Gasteiger partial charge on any atom is -0.497 e. The predicted octanol–water partition coefficient (Wildman–Crippen LogP) is 7.00. The highest BCUT2D eigenvalue weighted by molar-refractivity contribution is 5.87. The topological polar surface area (TPSA) is 46.5 Å². The first kappa shape index (κ1) is 23.6. The van der Waals surface area contributed by atoms with Gasteiger partial charge in [-0.2, -0.15) is 0 Å². The van der Waals surface area contributed by atoms with E-state index in [4.69, 9.17) is 9.84 Å². The Balaban J connectivity index is 1.78.